The number of hydrogen-bond acceptors (Lipinski definition) is 6. The lowest BCUT2D eigenvalue weighted by Crippen LogP contribution is -2.36. The molecule has 3 heterocycles. The number of benzene rings is 1. The van der Waals surface area contributed by atoms with Gasteiger partial charge >= 0.3 is 5.97 Å². The van der Waals surface area contributed by atoms with Gasteiger partial charge in [0, 0.05) is 12.2 Å². The van der Waals surface area contributed by atoms with Crippen molar-refractivity contribution in [2.75, 3.05) is 13.2 Å². The first-order valence-electron chi connectivity index (χ1n) is 9.16. The molecule has 9 nitrogen and oxygen atoms in total. The summed E-state index contributed by atoms with van der Waals surface area (Å²) in [5.74, 6) is -2.43. The number of aromatic carboxylic acids is 1. The minimum Gasteiger partial charge on any atom is -0.475 e. The molecule has 1 unspecified atom stereocenters. The molecule has 1 saturated heterocycles. The molecule has 0 aliphatic carbocycles. The fourth-order valence-electron chi connectivity index (χ4n) is 3.45. The molecule has 2 aliphatic heterocycles. The molecular formula is C20H18N2O7. The van der Waals surface area contributed by atoms with E-state index < -0.39 is 17.8 Å². The van der Waals surface area contributed by atoms with Crippen molar-refractivity contribution in [2.45, 2.75) is 25.5 Å². The van der Waals surface area contributed by atoms with E-state index in [9.17, 15) is 19.2 Å². The molecule has 2 aliphatic rings. The van der Waals surface area contributed by atoms with Gasteiger partial charge in [-0.3, -0.25) is 19.3 Å². The van der Waals surface area contributed by atoms with E-state index in [1.165, 1.54) is 35.2 Å². The maximum atomic E-state index is 12.7. The molecular weight excluding hydrogens is 380 g/mol. The number of carboxylic acids is 1. The first-order valence-corrected chi connectivity index (χ1v) is 9.16. The Balaban J connectivity index is 1.44. The summed E-state index contributed by atoms with van der Waals surface area (Å²) in [6.45, 7) is 0.821. The van der Waals surface area contributed by atoms with Gasteiger partial charge in [-0.1, -0.05) is 0 Å². The SMILES string of the molecule is O=C(NCc1ccc(C(=O)O)o1)c1ccc2c(c1)C(=O)N(CC1CCCO1)C2=O. The number of nitrogens with one attached hydrogen (secondary N) is 1. The van der Waals surface area contributed by atoms with Gasteiger partial charge in [-0.2, -0.15) is 0 Å². The second kappa shape index (κ2) is 7.51. The van der Waals surface area contributed by atoms with Crippen molar-refractivity contribution < 1.29 is 33.4 Å². The monoisotopic (exact) mass is 398 g/mol. The Labute approximate surface area is 165 Å². The first-order chi connectivity index (χ1) is 13.9. The number of rotatable bonds is 6. The minimum atomic E-state index is -1.20. The van der Waals surface area contributed by atoms with Crippen LogP contribution in [0.3, 0.4) is 0 Å². The zero-order valence-electron chi connectivity index (χ0n) is 15.3. The second-order valence-corrected chi connectivity index (χ2v) is 6.87. The van der Waals surface area contributed by atoms with E-state index in [0.29, 0.717) is 6.61 Å². The Morgan fingerprint density at radius 3 is 2.62 bits per heavy atom. The number of fused-ring (bicyclic) bond motifs is 1. The number of imide groups is 1. The fraction of sp³-hybridized carbons (Fsp3) is 0.300. The van der Waals surface area contributed by atoms with Crippen LogP contribution >= 0.6 is 0 Å². The van der Waals surface area contributed by atoms with Crippen LogP contribution in [-0.4, -0.2) is 53.0 Å². The van der Waals surface area contributed by atoms with Crippen molar-refractivity contribution in [3.63, 3.8) is 0 Å². The van der Waals surface area contributed by atoms with Gasteiger partial charge in [0.05, 0.1) is 30.3 Å². The van der Waals surface area contributed by atoms with Gasteiger partial charge in [0.15, 0.2) is 0 Å². The largest absolute Gasteiger partial charge is 0.475 e. The molecule has 1 aromatic carbocycles. The average Bonchev–Trinajstić information content (AvgIpc) is 3.44. The van der Waals surface area contributed by atoms with Crippen molar-refractivity contribution in [3.8, 4) is 0 Å². The van der Waals surface area contributed by atoms with Crippen LogP contribution in [0.15, 0.2) is 34.7 Å². The summed E-state index contributed by atoms with van der Waals surface area (Å²) >= 11 is 0. The highest BCUT2D eigenvalue weighted by Gasteiger charge is 2.37. The van der Waals surface area contributed by atoms with E-state index >= 15 is 0 Å². The molecule has 0 saturated carbocycles. The average molecular weight is 398 g/mol. The smallest absolute Gasteiger partial charge is 0.371 e. The number of carbonyl (C=O) groups is 4. The van der Waals surface area contributed by atoms with Gasteiger partial charge < -0.3 is 19.6 Å². The Kier molecular flexibility index (Phi) is 4.89. The van der Waals surface area contributed by atoms with Crippen molar-refractivity contribution in [1.29, 1.82) is 0 Å². The number of carbonyl (C=O) groups excluding carboxylic acids is 3. The molecule has 150 valence electrons. The first kappa shape index (κ1) is 18.9. The van der Waals surface area contributed by atoms with Crippen LogP contribution in [0.1, 0.15) is 60.2 Å². The summed E-state index contributed by atoms with van der Waals surface area (Å²) in [6, 6.07) is 7.09. The van der Waals surface area contributed by atoms with Gasteiger partial charge in [0.1, 0.15) is 5.76 Å². The normalized spacial score (nSPS) is 18.2. The summed E-state index contributed by atoms with van der Waals surface area (Å²) in [7, 11) is 0. The molecule has 0 bridgehead atoms. The summed E-state index contributed by atoms with van der Waals surface area (Å²) in [6.07, 6.45) is 1.56. The maximum Gasteiger partial charge on any atom is 0.371 e. The quantitative estimate of drug-likeness (QED) is 0.709. The molecule has 2 aromatic rings. The summed E-state index contributed by atoms with van der Waals surface area (Å²) in [5, 5.41) is 11.4. The van der Waals surface area contributed by atoms with Crippen molar-refractivity contribution in [2.24, 2.45) is 0 Å². The van der Waals surface area contributed by atoms with Crippen LogP contribution in [0.5, 0.6) is 0 Å². The minimum absolute atomic E-state index is 0.0127. The topological polar surface area (TPSA) is 126 Å². The van der Waals surface area contributed by atoms with Crippen molar-refractivity contribution in [1.82, 2.24) is 10.2 Å². The molecule has 1 atom stereocenters. The van der Waals surface area contributed by atoms with E-state index in [0.717, 1.165) is 12.8 Å². The van der Waals surface area contributed by atoms with Gasteiger partial charge in [0.2, 0.25) is 5.76 Å². The third kappa shape index (κ3) is 3.64. The summed E-state index contributed by atoms with van der Waals surface area (Å²) < 4.78 is 10.6. The lowest BCUT2D eigenvalue weighted by atomic mass is 10.1. The Hall–Kier alpha value is -3.46. The van der Waals surface area contributed by atoms with E-state index in [2.05, 4.69) is 5.32 Å². The van der Waals surface area contributed by atoms with Gasteiger partial charge in [-0.25, -0.2) is 4.79 Å². The third-order valence-corrected chi connectivity index (χ3v) is 4.94. The molecule has 9 heteroatoms. The van der Waals surface area contributed by atoms with E-state index in [1.54, 1.807) is 0 Å². The van der Waals surface area contributed by atoms with Crippen LogP contribution in [0.4, 0.5) is 0 Å². The van der Waals surface area contributed by atoms with Crippen LogP contribution in [-0.2, 0) is 11.3 Å². The predicted octanol–water partition coefficient (Wildman–Crippen LogP) is 1.68. The van der Waals surface area contributed by atoms with Gasteiger partial charge in [0.25, 0.3) is 17.7 Å². The lowest BCUT2D eigenvalue weighted by Gasteiger charge is -2.17. The Morgan fingerprint density at radius 1 is 1.14 bits per heavy atom. The number of ether oxygens (including phenoxy) is 1. The standard InChI is InChI=1S/C20H18N2O7/c23-17(21-9-12-4-6-16(29-12)20(26)27)11-3-5-14-15(8-11)19(25)22(18(14)24)10-13-2-1-7-28-13/h3-6,8,13H,1-2,7,9-10H2,(H,21,23)(H,26,27). The number of hydrogen-bond donors (Lipinski definition) is 2. The third-order valence-electron chi connectivity index (χ3n) is 4.94. The number of furan rings is 1. The van der Waals surface area contributed by atoms with E-state index in [4.69, 9.17) is 14.3 Å². The number of carboxylic acid groups (broad SMARTS) is 1. The highest BCUT2D eigenvalue weighted by atomic mass is 16.5. The second-order valence-electron chi connectivity index (χ2n) is 6.87. The van der Waals surface area contributed by atoms with E-state index in [-0.39, 0.29) is 53.3 Å². The molecule has 2 N–H and O–H groups in total. The summed E-state index contributed by atoms with van der Waals surface area (Å²) in [5.41, 5.74) is 0.669. The number of nitrogens with zero attached hydrogens (tertiary/aromatic N) is 1. The van der Waals surface area contributed by atoms with E-state index in [1.807, 2.05) is 0 Å². The van der Waals surface area contributed by atoms with Gasteiger partial charge in [-0.15, -0.1) is 0 Å². The van der Waals surface area contributed by atoms with Crippen LogP contribution in [0.2, 0.25) is 0 Å². The lowest BCUT2D eigenvalue weighted by molar-refractivity contribution is 0.0475. The molecule has 0 radical (unpaired) electrons. The predicted molar refractivity (Wildman–Crippen MR) is 97.6 cm³/mol. The van der Waals surface area contributed by atoms with Crippen LogP contribution in [0, 0.1) is 0 Å². The maximum absolute atomic E-state index is 12.7. The van der Waals surface area contributed by atoms with Gasteiger partial charge in [-0.05, 0) is 43.2 Å². The fourth-order valence-corrected chi connectivity index (χ4v) is 3.45. The Morgan fingerprint density at radius 2 is 1.93 bits per heavy atom. The molecule has 3 amide bonds. The number of amides is 3. The molecule has 1 aromatic heterocycles. The highest BCUT2D eigenvalue weighted by Crippen LogP contribution is 2.26. The van der Waals surface area contributed by atoms with Crippen molar-refractivity contribution in [3.05, 3.63) is 58.5 Å². The molecule has 4 rings (SSSR count). The molecule has 1 fully saturated rings. The molecule has 29 heavy (non-hydrogen) atoms. The zero-order chi connectivity index (χ0) is 20.5. The molecule has 0 spiro atoms. The Bertz CT molecular complexity index is 1000. The highest BCUT2D eigenvalue weighted by molar-refractivity contribution is 6.22. The van der Waals surface area contributed by atoms with Crippen molar-refractivity contribution >= 4 is 23.7 Å². The zero-order valence-corrected chi connectivity index (χ0v) is 15.3. The van der Waals surface area contributed by atoms with Crippen LogP contribution < -0.4 is 5.32 Å². The summed E-state index contributed by atoms with van der Waals surface area (Å²) in [4.78, 5) is 49.6. The van der Waals surface area contributed by atoms with Crippen LogP contribution in [0.25, 0.3) is 0 Å².